The Labute approximate surface area is 75.3 Å². The van der Waals surface area contributed by atoms with Crippen LogP contribution < -0.4 is 5.73 Å². The Morgan fingerprint density at radius 1 is 1.83 bits per heavy atom. The zero-order chi connectivity index (χ0) is 9.14. The smallest absolute Gasteiger partial charge is 0.155 e. The van der Waals surface area contributed by atoms with Gasteiger partial charge in [0.05, 0.1) is 12.0 Å². The molecule has 0 aliphatic heterocycles. The van der Waals surface area contributed by atoms with Crippen molar-refractivity contribution in [3.8, 4) is 0 Å². The molecule has 1 aromatic rings. The second-order valence-electron chi connectivity index (χ2n) is 2.41. The molecule has 0 spiro atoms. The molecule has 0 saturated carbocycles. The molecule has 0 aliphatic rings. The monoisotopic (exact) mass is 191 g/mol. The molecule has 0 aromatic carbocycles. The summed E-state index contributed by atoms with van der Waals surface area (Å²) in [5.41, 5.74) is 5.56. The molecule has 0 saturated heterocycles. The number of hydrogen-bond acceptors (Lipinski definition) is 2. The van der Waals surface area contributed by atoms with Crippen LogP contribution in [0.15, 0.2) is 6.33 Å². The molecule has 0 bridgehead atoms. The number of halogens is 2. The van der Waals surface area contributed by atoms with Crippen LogP contribution in [0.1, 0.15) is 18.8 Å². The first-order chi connectivity index (χ1) is 5.70. The molecule has 2 N–H and O–H groups in total. The van der Waals surface area contributed by atoms with Crippen LogP contribution in [-0.4, -0.2) is 16.1 Å². The summed E-state index contributed by atoms with van der Waals surface area (Å²) < 4.78 is 14.8. The first-order valence-electron chi connectivity index (χ1n) is 3.75. The number of nitrogens with two attached hydrogens (primary N) is 1. The van der Waals surface area contributed by atoms with Gasteiger partial charge in [-0.3, -0.25) is 0 Å². The van der Waals surface area contributed by atoms with E-state index in [-0.39, 0.29) is 11.7 Å². The maximum atomic E-state index is 13.1. The fourth-order valence-electron chi connectivity index (χ4n) is 1.04. The lowest BCUT2D eigenvalue weighted by molar-refractivity contribution is 0.335. The first-order valence-corrected chi connectivity index (χ1v) is 4.13. The van der Waals surface area contributed by atoms with E-state index in [1.807, 2.05) is 6.92 Å². The van der Waals surface area contributed by atoms with Crippen LogP contribution in [0.25, 0.3) is 0 Å². The van der Waals surface area contributed by atoms with E-state index in [9.17, 15) is 4.39 Å². The highest BCUT2D eigenvalue weighted by Gasteiger charge is 2.17. The van der Waals surface area contributed by atoms with E-state index in [4.69, 9.17) is 17.3 Å². The molecule has 0 aliphatic carbocycles. The van der Waals surface area contributed by atoms with E-state index in [2.05, 4.69) is 4.98 Å². The number of nitrogens with zero attached hydrogens (tertiary/aromatic N) is 2. The number of alkyl halides is 1. The Bertz CT molecular complexity index is 261. The van der Waals surface area contributed by atoms with Crippen LogP contribution in [-0.2, 0) is 6.54 Å². The van der Waals surface area contributed by atoms with Gasteiger partial charge in [-0.1, -0.05) is 11.6 Å². The summed E-state index contributed by atoms with van der Waals surface area (Å²) >= 11 is 5.67. The molecular formula is C7H11ClFN3. The molecule has 1 unspecified atom stereocenters. The van der Waals surface area contributed by atoms with E-state index in [0.29, 0.717) is 12.2 Å². The van der Waals surface area contributed by atoms with Crippen molar-refractivity contribution in [2.45, 2.75) is 19.6 Å². The lowest BCUT2D eigenvalue weighted by Crippen LogP contribution is -2.12. The maximum absolute atomic E-state index is 13.1. The fourth-order valence-corrected chi connectivity index (χ4v) is 1.31. The van der Waals surface area contributed by atoms with Crippen molar-refractivity contribution in [1.29, 1.82) is 0 Å². The summed E-state index contributed by atoms with van der Waals surface area (Å²) in [4.78, 5) is 3.79. The summed E-state index contributed by atoms with van der Waals surface area (Å²) in [5.74, 6) is 0. The molecule has 5 heteroatoms. The van der Waals surface area contributed by atoms with E-state index < -0.39 is 6.17 Å². The standard InChI is InChI=1S/C7H11ClFN3/c1-2-12-4-11-7(8)6(12)5(9)3-10/h4-5H,2-3,10H2,1H3. The number of imidazole rings is 1. The second-order valence-corrected chi connectivity index (χ2v) is 2.77. The minimum atomic E-state index is -1.22. The van der Waals surface area contributed by atoms with Crippen molar-refractivity contribution in [3.05, 3.63) is 17.2 Å². The van der Waals surface area contributed by atoms with Crippen molar-refractivity contribution in [1.82, 2.24) is 9.55 Å². The van der Waals surface area contributed by atoms with Crippen LogP contribution in [0.2, 0.25) is 5.15 Å². The van der Waals surface area contributed by atoms with Gasteiger partial charge in [0.2, 0.25) is 0 Å². The lowest BCUT2D eigenvalue weighted by Gasteiger charge is -2.08. The third-order valence-corrected chi connectivity index (χ3v) is 1.97. The molecule has 0 fully saturated rings. The molecule has 1 rings (SSSR count). The zero-order valence-electron chi connectivity index (χ0n) is 6.80. The van der Waals surface area contributed by atoms with Gasteiger partial charge in [-0.25, -0.2) is 9.37 Å². The van der Waals surface area contributed by atoms with Crippen molar-refractivity contribution in [2.75, 3.05) is 6.54 Å². The van der Waals surface area contributed by atoms with Crippen molar-refractivity contribution in [3.63, 3.8) is 0 Å². The topological polar surface area (TPSA) is 43.8 Å². The maximum Gasteiger partial charge on any atom is 0.155 e. The molecule has 0 radical (unpaired) electrons. The highest BCUT2D eigenvalue weighted by Crippen LogP contribution is 2.23. The number of aryl methyl sites for hydroxylation is 1. The van der Waals surface area contributed by atoms with E-state index in [1.165, 1.54) is 6.33 Å². The molecule has 1 aromatic heterocycles. The summed E-state index contributed by atoms with van der Waals surface area (Å²) in [6, 6.07) is 0. The zero-order valence-corrected chi connectivity index (χ0v) is 7.55. The average molecular weight is 192 g/mol. The number of aromatic nitrogens is 2. The SMILES string of the molecule is CCn1cnc(Cl)c1C(F)CN. The van der Waals surface area contributed by atoms with Gasteiger partial charge in [0.15, 0.2) is 11.3 Å². The Morgan fingerprint density at radius 3 is 3.00 bits per heavy atom. The third kappa shape index (κ3) is 1.59. The number of rotatable bonds is 3. The van der Waals surface area contributed by atoms with Gasteiger partial charge < -0.3 is 10.3 Å². The summed E-state index contributed by atoms with van der Waals surface area (Å²) in [5, 5.41) is 0.204. The Hall–Kier alpha value is -0.610. The highest BCUT2D eigenvalue weighted by molar-refractivity contribution is 6.30. The van der Waals surface area contributed by atoms with Gasteiger partial charge in [0.25, 0.3) is 0 Å². The van der Waals surface area contributed by atoms with Gasteiger partial charge in [-0.15, -0.1) is 0 Å². The predicted molar refractivity (Wildman–Crippen MR) is 45.8 cm³/mol. The highest BCUT2D eigenvalue weighted by atomic mass is 35.5. The molecule has 68 valence electrons. The Balaban J connectivity index is 3.01. The van der Waals surface area contributed by atoms with Crippen LogP contribution in [0.3, 0.4) is 0 Å². The van der Waals surface area contributed by atoms with E-state index >= 15 is 0 Å². The quantitative estimate of drug-likeness (QED) is 0.788. The number of hydrogen-bond donors (Lipinski definition) is 1. The Morgan fingerprint density at radius 2 is 2.50 bits per heavy atom. The summed E-state index contributed by atoms with van der Waals surface area (Å²) in [7, 11) is 0. The van der Waals surface area contributed by atoms with Gasteiger partial charge >= 0.3 is 0 Å². The molecular weight excluding hydrogens is 181 g/mol. The Kier molecular flexibility index (Phi) is 3.05. The van der Waals surface area contributed by atoms with Crippen LogP contribution in [0, 0.1) is 0 Å². The largest absolute Gasteiger partial charge is 0.331 e. The van der Waals surface area contributed by atoms with Crippen LogP contribution in [0.4, 0.5) is 4.39 Å². The van der Waals surface area contributed by atoms with Crippen molar-refractivity contribution in [2.24, 2.45) is 5.73 Å². The molecule has 3 nitrogen and oxygen atoms in total. The predicted octanol–water partition coefficient (Wildman–Crippen LogP) is 1.53. The fraction of sp³-hybridized carbons (Fsp3) is 0.571. The van der Waals surface area contributed by atoms with Crippen molar-refractivity contribution >= 4 is 11.6 Å². The molecule has 1 atom stereocenters. The molecule has 1 heterocycles. The van der Waals surface area contributed by atoms with Crippen LogP contribution in [0.5, 0.6) is 0 Å². The van der Waals surface area contributed by atoms with Gasteiger partial charge in [0, 0.05) is 13.1 Å². The van der Waals surface area contributed by atoms with Gasteiger partial charge in [0.1, 0.15) is 0 Å². The molecule has 0 amide bonds. The van der Waals surface area contributed by atoms with E-state index in [1.54, 1.807) is 4.57 Å². The average Bonchev–Trinajstić information content (AvgIpc) is 2.45. The van der Waals surface area contributed by atoms with Gasteiger partial charge in [-0.2, -0.15) is 0 Å². The first kappa shape index (κ1) is 9.48. The second kappa shape index (κ2) is 3.87. The minimum Gasteiger partial charge on any atom is -0.331 e. The lowest BCUT2D eigenvalue weighted by atomic mass is 10.3. The summed E-state index contributed by atoms with van der Waals surface area (Å²) in [6.45, 7) is 2.48. The van der Waals surface area contributed by atoms with Gasteiger partial charge in [-0.05, 0) is 6.92 Å². The van der Waals surface area contributed by atoms with Crippen molar-refractivity contribution < 1.29 is 4.39 Å². The van der Waals surface area contributed by atoms with Crippen LogP contribution >= 0.6 is 11.6 Å². The molecule has 12 heavy (non-hydrogen) atoms. The normalized spacial score (nSPS) is 13.3. The van der Waals surface area contributed by atoms with E-state index in [0.717, 1.165) is 0 Å². The third-order valence-electron chi connectivity index (χ3n) is 1.68. The summed E-state index contributed by atoms with van der Waals surface area (Å²) in [6.07, 6.45) is 0.292. The minimum absolute atomic E-state index is 0.0641.